The lowest BCUT2D eigenvalue weighted by atomic mass is 9.95. The number of carbonyl (C=O) groups is 2. The third-order valence-electron chi connectivity index (χ3n) is 5.85. The molecular formula is C22H25ClN4O4. The van der Waals surface area contributed by atoms with E-state index in [1.54, 1.807) is 38.1 Å². The summed E-state index contributed by atoms with van der Waals surface area (Å²) in [5.41, 5.74) is 2.42. The fourth-order valence-electron chi connectivity index (χ4n) is 4.21. The number of nitrogens with zero attached hydrogens (tertiary/aromatic N) is 3. The molecule has 0 spiro atoms. The summed E-state index contributed by atoms with van der Waals surface area (Å²) in [7, 11) is 0. The molecule has 0 saturated carbocycles. The Morgan fingerprint density at radius 1 is 1.19 bits per heavy atom. The molecular weight excluding hydrogens is 420 g/mol. The average molecular weight is 445 g/mol. The van der Waals surface area contributed by atoms with Gasteiger partial charge in [-0.3, -0.25) is 19.6 Å². The number of amides is 1. The number of hydrogen-bond donors (Lipinski definition) is 2. The van der Waals surface area contributed by atoms with Crippen molar-refractivity contribution in [1.29, 1.82) is 0 Å². The van der Waals surface area contributed by atoms with Gasteiger partial charge in [-0.1, -0.05) is 23.7 Å². The van der Waals surface area contributed by atoms with Crippen molar-refractivity contribution < 1.29 is 19.4 Å². The Bertz CT molecular complexity index is 1010. The number of nitrogens with one attached hydrogen (secondary N) is 1. The first-order valence-corrected chi connectivity index (χ1v) is 10.6. The second kappa shape index (κ2) is 8.82. The normalized spacial score (nSPS) is 21.8. The summed E-state index contributed by atoms with van der Waals surface area (Å²) in [6, 6.07) is 6.29. The Morgan fingerprint density at radius 3 is 2.48 bits per heavy atom. The summed E-state index contributed by atoms with van der Waals surface area (Å²) in [5, 5.41) is 18.6. The molecule has 3 heterocycles. The number of aliphatic hydroxyl groups excluding tert-OH is 1. The van der Waals surface area contributed by atoms with Gasteiger partial charge in [0.05, 0.1) is 36.1 Å². The van der Waals surface area contributed by atoms with Gasteiger partial charge in [-0.15, -0.1) is 0 Å². The highest BCUT2D eigenvalue weighted by molar-refractivity contribution is 6.46. The Kier molecular flexibility index (Phi) is 6.13. The number of ketones is 1. The number of aryl methyl sites for hydroxylation is 2. The van der Waals surface area contributed by atoms with Crippen LogP contribution in [0.5, 0.6) is 0 Å². The number of morpholine rings is 1. The van der Waals surface area contributed by atoms with E-state index < -0.39 is 17.7 Å². The molecule has 8 nitrogen and oxygen atoms in total. The van der Waals surface area contributed by atoms with Gasteiger partial charge in [0, 0.05) is 36.9 Å². The van der Waals surface area contributed by atoms with E-state index in [2.05, 4.69) is 15.1 Å². The van der Waals surface area contributed by atoms with Crippen molar-refractivity contribution in [2.45, 2.75) is 19.9 Å². The van der Waals surface area contributed by atoms with Gasteiger partial charge in [0.2, 0.25) is 0 Å². The van der Waals surface area contributed by atoms with Gasteiger partial charge in [0.15, 0.2) is 0 Å². The van der Waals surface area contributed by atoms with Crippen LogP contribution in [0.1, 0.15) is 28.6 Å². The predicted octanol–water partition coefficient (Wildman–Crippen LogP) is 2.43. The van der Waals surface area contributed by atoms with Crippen molar-refractivity contribution in [2.75, 3.05) is 39.4 Å². The summed E-state index contributed by atoms with van der Waals surface area (Å²) in [5.74, 6) is -1.52. The SMILES string of the molecule is Cc1n[nH]c(C)c1/C(O)=C1\C(=O)C(=O)N(CCN2CCOCC2)[C@@H]1c1ccc(Cl)cc1. The molecule has 9 heteroatoms. The molecule has 1 aromatic heterocycles. The van der Waals surface area contributed by atoms with Crippen LogP contribution in [0.15, 0.2) is 29.8 Å². The van der Waals surface area contributed by atoms with E-state index in [0.717, 1.165) is 13.1 Å². The number of benzene rings is 1. The molecule has 0 bridgehead atoms. The zero-order valence-electron chi connectivity index (χ0n) is 17.5. The molecule has 2 aromatic rings. The molecule has 1 amide bonds. The second-order valence-electron chi connectivity index (χ2n) is 7.81. The van der Waals surface area contributed by atoms with Crippen molar-refractivity contribution in [2.24, 2.45) is 0 Å². The maximum absolute atomic E-state index is 13.1. The zero-order valence-corrected chi connectivity index (χ0v) is 18.3. The van der Waals surface area contributed by atoms with Crippen LogP contribution < -0.4 is 0 Å². The number of halogens is 1. The van der Waals surface area contributed by atoms with Crippen LogP contribution in [0.25, 0.3) is 5.76 Å². The van der Waals surface area contributed by atoms with E-state index in [1.165, 1.54) is 4.90 Å². The molecule has 31 heavy (non-hydrogen) atoms. The highest BCUT2D eigenvalue weighted by Gasteiger charge is 2.46. The summed E-state index contributed by atoms with van der Waals surface area (Å²) in [6.07, 6.45) is 0. The van der Waals surface area contributed by atoms with Crippen molar-refractivity contribution in [3.8, 4) is 0 Å². The van der Waals surface area contributed by atoms with E-state index in [0.29, 0.717) is 53.8 Å². The quantitative estimate of drug-likeness (QED) is 0.417. The molecule has 2 fully saturated rings. The Balaban J connectivity index is 1.75. The largest absolute Gasteiger partial charge is 0.507 e. The molecule has 2 aliphatic heterocycles. The summed E-state index contributed by atoms with van der Waals surface area (Å²) >= 11 is 6.06. The molecule has 0 aliphatic carbocycles. The molecule has 0 radical (unpaired) electrons. The van der Waals surface area contributed by atoms with Crippen LogP contribution in [-0.4, -0.2) is 76.2 Å². The van der Waals surface area contributed by atoms with Crippen molar-refractivity contribution >= 4 is 29.1 Å². The van der Waals surface area contributed by atoms with Crippen LogP contribution in [0, 0.1) is 13.8 Å². The van der Waals surface area contributed by atoms with Gasteiger partial charge in [-0.25, -0.2) is 0 Å². The number of ether oxygens (including phenoxy) is 1. The minimum atomic E-state index is -0.702. The number of H-pyrrole nitrogens is 1. The van der Waals surface area contributed by atoms with E-state index in [9.17, 15) is 14.7 Å². The van der Waals surface area contributed by atoms with Gasteiger partial charge < -0.3 is 14.7 Å². The molecule has 0 unspecified atom stereocenters. The van der Waals surface area contributed by atoms with Crippen molar-refractivity contribution in [3.05, 3.63) is 57.4 Å². The zero-order chi connectivity index (χ0) is 22.1. The maximum atomic E-state index is 13.1. The van der Waals surface area contributed by atoms with Gasteiger partial charge in [0.25, 0.3) is 11.7 Å². The molecule has 4 rings (SSSR count). The predicted molar refractivity (Wildman–Crippen MR) is 116 cm³/mol. The summed E-state index contributed by atoms with van der Waals surface area (Å²) in [6.45, 7) is 7.34. The number of hydrogen-bond acceptors (Lipinski definition) is 6. The first-order valence-electron chi connectivity index (χ1n) is 10.2. The summed E-state index contributed by atoms with van der Waals surface area (Å²) < 4.78 is 5.39. The van der Waals surface area contributed by atoms with Gasteiger partial charge in [0.1, 0.15) is 5.76 Å². The van der Waals surface area contributed by atoms with Gasteiger partial charge >= 0.3 is 0 Å². The Hall–Kier alpha value is -2.68. The fourth-order valence-corrected chi connectivity index (χ4v) is 4.34. The Labute approximate surface area is 185 Å². The lowest BCUT2D eigenvalue weighted by Gasteiger charge is -2.31. The first-order chi connectivity index (χ1) is 14.9. The minimum absolute atomic E-state index is 0.0712. The van der Waals surface area contributed by atoms with E-state index in [1.807, 2.05) is 0 Å². The maximum Gasteiger partial charge on any atom is 0.295 e. The van der Waals surface area contributed by atoms with E-state index in [-0.39, 0.29) is 11.3 Å². The third kappa shape index (κ3) is 4.11. The van der Waals surface area contributed by atoms with Crippen molar-refractivity contribution in [3.63, 3.8) is 0 Å². The lowest BCUT2D eigenvalue weighted by Crippen LogP contribution is -2.42. The fraction of sp³-hybridized carbons (Fsp3) is 0.409. The van der Waals surface area contributed by atoms with Crippen LogP contribution >= 0.6 is 11.6 Å². The van der Waals surface area contributed by atoms with Crippen LogP contribution in [0.3, 0.4) is 0 Å². The molecule has 2 N–H and O–H groups in total. The number of Topliss-reactive ketones (excluding diaryl/α,β-unsaturated/α-hetero) is 1. The Morgan fingerprint density at radius 2 is 1.87 bits per heavy atom. The topological polar surface area (TPSA) is 98.8 Å². The highest BCUT2D eigenvalue weighted by atomic mass is 35.5. The van der Waals surface area contributed by atoms with Crippen molar-refractivity contribution in [1.82, 2.24) is 20.0 Å². The van der Waals surface area contributed by atoms with Gasteiger partial charge in [-0.05, 0) is 31.5 Å². The van der Waals surface area contributed by atoms with E-state index in [4.69, 9.17) is 16.3 Å². The van der Waals surface area contributed by atoms with Gasteiger partial charge in [-0.2, -0.15) is 5.10 Å². The number of aromatic amines is 1. The molecule has 2 saturated heterocycles. The van der Waals surface area contributed by atoms with Crippen LogP contribution in [0.2, 0.25) is 5.02 Å². The monoisotopic (exact) mass is 444 g/mol. The molecule has 2 aliphatic rings. The number of likely N-dealkylation sites (tertiary alicyclic amines) is 1. The minimum Gasteiger partial charge on any atom is -0.507 e. The lowest BCUT2D eigenvalue weighted by molar-refractivity contribution is -0.140. The number of carbonyl (C=O) groups excluding carboxylic acids is 2. The summed E-state index contributed by atoms with van der Waals surface area (Å²) in [4.78, 5) is 29.8. The van der Waals surface area contributed by atoms with E-state index >= 15 is 0 Å². The molecule has 1 atom stereocenters. The third-order valence-corrected chi connectivity index (χ3v) is 6.10. The number of aromatic nitrogens is 2. The smallest absolute Gasteiger partial charge is 0.295 e. The van der Waals surface area contributed by atoms with Crippen LogP contribution in [0.4, 0.5) is 0 Å². The van der Waals surface area contributed by atoms with Crippen LogP contribution in [-0.2, 0) is 14.3 Å². The number of aliphatic hydroxyl groups is 1. The first kappa shape index (κ1) is 21.5. The standard InChI is InChI=1S/C22H25ClN4O4/c1-13-17(14(2)25-24-13)20(28)18-19(15-3-5-16(23)6-4-15)27(22(30)21(18)29)8-7-26-9-11-31-12-10-26/h3-6,19,28H,7-12H2,1-2H3,(H,24,25)/b20-18+/t19-/m1/s1. The second-order valence-corrected chi connectivity index (χ2v) is 8.24. The highest BCUT2D eigenvalue weighted by Crippen LogP contribution is 2.40. The number of rotatable bonds is 5. The molecule has 1 aromatic carbocycles. The molecule has 164 valence electrons. The average Bonchev–Trinajstić information content (AvgIpc) is 3.23.